The zero-order valence-electron chi connectivity index (χ0n) is 11.7. The Morgan fingerprint density at radius 2 is 2.05 bits per heavy atom. The Morgan fingerprint density at radius 1 is 1.25 bits per heavy atom. The summed E-state index contributed by atoms with van der Waals surface area (Å²) < 4.78 is 5.81. The highest BCUT2D eigenvalue weighted by Gasteiger charge is 2.52. The van der Waals surface area contributed by atoms with Gasteiger partial charge in [0.1, 0.15) is 5.60 Å². The van der Waals surface area contributed by atoms with Gasteiger partial charge in [-0.25, -0.2) is 0 Å². The van der Waals surface area contributed by atoms with Crippen molar-refractivity contribution in [1.82, 2.24) is 0 Å². The van der Waals surface area contributed by atoms with Crippen molar-refractivity contribution in [2.75, 3.05) is 18.5 Å². The van der Waals surface area contributed by atoms with Crippen LogP contribution in [0, 0.1) is 5.92 Å². The van der Waals surface area contributed by atoms with Crippen LogP contribution in [-0.2, 0) is 4.74 Å². The number of nitrogens with one attached hydrogen (secondary N) is 1. The Kier molecular flexibility index (Phi) is 3.96. The third kappa shape index (κ3) is 2.43. The molecule has 3 rings (SSSR count). The lowest BCUT2D eigenvalue weighted by atomic mass is 9.69. The Morgan fingerprint density at radius 3 is 2.80 bits per heavy atom. The molecule has 0 amide bonds. The normalized spacial score (nSPS) is 37.2. The van der Waals surface area contributed by atoms with Crippen LogP contribution >= 0.6 is 0 Å². The number of aliphatic hydroxyl groups is 2. The molecule has 2 fully saturated rings. The van der Waals surface area contributed by atoms with Crippen molar-refractivity contribution in [2.24, 2.45) is 5.92 Å². The molecule has 1 heterocycles. The van der Waals surface area contributed by atoms with Crippen molar-refractivity contribution in [3.8, 4) is 0 Å². The van der Waals surface area contributed by atoms with Crippen molar-refractivity contribution in [2.45, 2.75) is 43.4 Å². The summed E-state index contributed by atoms with van der Waals surface area (Å²) in [4.78, 5) is 0. The lowest BCUT2D eigenvalue weighted by Gasteiger charge is -2.51. The molecule has 1 saturated heterocycles. The third-order valence-electron chi connectivity index (χ3n) is 4.72. The summed E-state index contributed by atoms with van der Waals surface area (Å²) in [5.41, 5.74) is 0.150. The minimum absolute atomic E-state index is 0.0157. The SMILES string of the molecule is OC[C@@H]1CC[C@@H](Nc2ccccc2)[C@]2(O)CCCO[C@H]12. The van der Waals surface area contributed by atoms with E-state index >= 15 is 0 Å². The minimum Gasteiger partial charge on any atom is -0.396 e. The first-order valence-electron chi connectivity index (χ1n) is 7.50. The van der Waals surface area contributed by atoms with Crippen LogP contribution in [0.25, 0.3) is 0 Å². The van der Waals surface area contributed by atoms with Gasteiger partial charge in [-0.15, -0.1) is 0 Å². The molecule has 4 nitrogen and oxygen atoms in total. The first-order chi connectivity index (χ1) is 9.74. The average molecular weight is 277 g/mol. The van der Waals surface area contributed by atoms with Gasteiger partial charge in [-0.1, -0.05) is 18.2 Å². The van der Waals surface area contributed by atoms with Crippen LogP contribution in [0.4, 0.5) is 5.69 Å². The summed E-state index contributed by atoms with van der Waals surface area (Å²) >= 11 is 0. The monoisotopic (exact) mass is 277 g/mol. The molecule has 4 atom stereocenters. The second kappa shape index (κ2) is 5.72. The van der Waals surface area contributed by atoms with E-state index in [2.05, 4.69) is 5.32 Å². The predicted molar refractivity (Wildman–Crippen MR) is 77.6 cm³/mol. The van der Waals surface area contributed by atoms with Gasteiger partial charge < -0.3 is 20.3 Å². The fraction of sp³-hybridized carbons (Fsp3) is 0.625. The van der Waals surface area contributed by atoms with E-state index in [0.717, 1.165) is 31.4 Å². The van der Waals surface area contributed by atoms with Gasteiger partial charge in [0, 0.05) is 24.8 Å². The number of benzene rings is 1. The van der Waals surface area contributed by atoms with Gasteiger partial charge >= 0.3 is 0 Å². The third-order valence-corrected chi connectivity index (χ3v) is 4.72. The molecule has 0 aromatic heterocycles. The Hall–Kier alpha value is -1.10. The van der Waals surface area contributed by atoms with E-state index in [4.69, 9.17) is 4.74 Å². The van der Waals surface area contributed by atoms with E-state index in [1.54, 1.807) is 0 Å². The molecule has 4 heteroatoms. The predicted octanol–water partition coefficient (Wildman–Crippen LogP) is 1.78. The number of rotatable bonds is 3. The van der Waals surface area contributed by atoms with Crippen LogP contribution in [0.2, 0.25) is 0 Å². The topological polar surface area (TPSA) is 61.7 Å². The lowest BCUT2D eigenvalue weighted by molar-refractivity contribution is -0.195. The molecule has 1 aromatic carbocycles. The van der Waals surface area contributed by atoms with E-state index in [1.165, 1.54) is 0 Å². The van der Waals surface area contributed by atoms with Gasteiger partial charge in [-0.3, -0.25) is 0 Å². The van der Waals surface area contributed by atoms with Gasteiger partial charge in [-0.05, 0) is 37.8 Å². The summed E-state index contributed by atoms with van der Waals surface area (Å²) in [6.45, 7) is 0.770. The molecule has 0 spiro atoms. The number of hydrogen-bond acceptors (Lipinski definition) is 4. The quantitative estimate of drug-likeness (QED) is 0.788. The first kappa shape index (κ1) is 13.9. The van der Waals surface area contributed by atoms with Crippen molar-refractivity contribution in [3.63, 3.8) is 0 Å². The summed E-state index contributed by atoms with van der Waals surface area (Å²) in [7, 11) is 0. The molecule has 1 aliphatic heterocycles. The fourth-order valence-corrected chi connectivity index (χ4v) is 3.67. The molecule has 0 bridgehead atoms. The Labute approximate surface area is 119 Å². The molecule has 0 unspecified atom stereocenters. The second-order valence-electron chi connectivity index (χ2n) is 5.97. The van der Waals surface area contributed by atoms with Gasteiger partial charge in [-0.2, -0.15) is 0 Å². The molecule has 0 radical (unpaired) electrons. The van der Waals surface area contributed by atoms with Gasteiger partial charge in [0.2, 0.25) is 0 Å². The van der Waals surface area contributed by atoms with E-state index < -0.39 is 5.60 Å². The fourth-order valence-electron chi connectivity index (χ4n) is 3.67. The highest BCUT2D eigenvalue weighted by molar-refractivity contribution is 5.44. The van der Waals surface area contributed by atoms with Crippen LogP contribution in [0.1, 0.15) is 25.7 Å². The summed E-state index contributed by atoms with van der Waals surface area (Å²) in [6.07, 6.45) is 3.09. The summed E-state index contributed by atoms with van der Waals surface area (Å²) in [6, 6.07) is 9.97. The number of hydrogen-bond donors (Lipinski definition) is 3. The van der Waals surface area contributed by atoms with E-state index in [9.17, 15) is 10.2 Å². The van der Waals surface area contributed by atoms with Crippen LogP contribution in [-0.4, -0.2) is 41.2 Å². The number of para-hydroxylation sites is 1. The Bertz CT molecular complexity index is 439. The van der Waals surface area contributed by atoms with Crippen molar-refractivity contribution < 1.29 is 14.9 Å². The molecule has 3 N–H and O–H groups in total. The molecule has 110 valence electrons. The van der Waals surface area contributed by atoms with Gasteiger partial charge in [0.25, 0.3) is 0 Å². The minimum atomic E-state index is -0.875. The largest absolute Gasteiger partial charge is 0.396 e. The lowest BCUT2D eigenvalue weighted by Crippen LogP contribution is -2.64. The van der Waals surface area contributed by atoms with E-state index in [-0.39, 0.29) is 24.7 Å². The van der Waals surface area contributed by atoms with Crippen molar-refractivity contribution >= 4 is 5.69 Å². The number of aliphatic hydroxyl groups excluding tert-OH is 1. The highest BCUT2D eigenvalue weighted by Crippen LogP contribution is 2.41. The molecule has 1 aromatic rings. The van der Waals surface area contributed by atoms with Crippen LogP contribution in [0.5, 0.6) is 0 Å². The smallest absolute Gasteiger partial charge is 0.111 e. The van der Waals surface area contributed by atoms with Crippen LogP contribution < -0.4 is 5.32 Å². The first-order valence-corrected chi connectivity index (χ1v) is 7.50. The average Bonchev–Trinajstić information content (AvgIpc) is 2.49. The molecule has 1 saturated carbocycles. The van der Waals surface area contributed by atoms with Gasteiger partial charge in [0.05, 0.1) is 12.1 Å². The molecule has 2 aliphatic rings. The van der Waals surface area contributed by atoms with E-state index in [1.807, 2.05) is 30.3 Å². The number of anilines is 1. The zero-order chi connectivity index (χ0) is 14.0. The van der Waals surface area contributed by atoms with Crippen LogP contribution in [0.3, 0.4) is 0 Å². The highest BCUT2D eigenvalue weighted by atomic mass is 16.5. The van der Waals surface area contributed by atoms with Crippen molar-refractivity contribution in [1.29, 1.82) is 0 Å². The van der Waals surface area contributed by atoms with Crippen molar-refractivity contribution in [3.05, 3.63) is 30.3 Å². The Balaban J connectivity index is 1.80. The maximum atomic E-state index is 11.1. The van der Waals surface area contributed by atoms with Crippen LogP contribution in [0.15, 0.2) is 30.3 Å². The zero-order valence-corrected chi connectivity index (χ0v) is 11.7. The maximum Gasteiger partial charge on any atom is 0.111 e. The molecule has 20 heavy (non-hydrogen) atoms. The molecular formula is C16H23NO3. The van der Waals surface area contributed by atoms with Gasteiger partial charge in [0.15, 0.2) is 0 Å². The standard InChI is InChI=1S/C16H23NO3/c18-11-12-7-8-14(17-13-5-2-1-3-6-13)16(19)9-4-10-20-15(12)16/h1-3,5-6,12,14-15,17-19H,4,7-11H2/t12-,14+,15+,16+/m0/s1. The second-order valence-corrected chi connectivity index (χ2v) is 5.97. The van der Waals surface area contributed by atoms with E-state index in [0.29, 0.717) is 6.61 Å². The number of ether oxygens (including phenoxy) is 1. The molecular weight excluding hydrogens is 254 g/mol. The number of fused-ring (bicyclic) bond motifs is 1. The summed E-state index contributed by atoms with van der Waals surface area (Å²) in [5.74, 6) is 0.0501. The maximum absolute atomic E-state index is 11.1. The molecule has 1 aliphatic carbocycles. The summed E-state index contributed by atoms with van der Waals surface area (Å²) in [5, 5.41) is 24.1.